The molecule has 0 bridgehead atoms. The summed E-state index contributed by atoms with van der Waals surface area (Å²) in [7, 11) is -0.821. The van der Waals surface area contributed by atoms with Crippen LogP contribution in [0.5, 0.6) is 0 Å². The van der Waals surface area contributed by atoms with Crippen molar-refractivity contribution in [2.24, 2.45) is 0 Å². The van der Waals surface area contributed by atoms with Gasteiger partial charge >= 0.3 is 13.2 Å². The first-order chi connectivity index (χ1) is 14.6. The Bertz CT molecular complexity index is 1060. The van der Waals surface area contributed by atoms with Gasteiger partial charge in [0.1, 0.15) is 6.61 Å². The summed E-state index contributed by atoms with van der Waals surface area (Å²) >= 11 is 0. The molecule has 3 N–H and O–H groups in total. The van der Waals surface area contributed by atoms with Gasteiger partial charge in [-0.15, -0.1) is 0 Å². The van der Waals surface area contributed by atoms with Crippen LogP contribution in [0.15, 0.2) is 51.5 Å². The van der Waals surface area contributed by atoms with Crippen LogP contribution in [0.1, 0.15) is 38.8 Å². The fourth-order valence-corrected chi connectivity index (χ4v) is 2.89. The Morgan fingerprint density at radius 2 is 1.74 bits per heavy atom. The fourth-order valence-electron chi connectivity index (χ4n) is 2.89. The van der Waals surface area contributed by atoms with E-state index in [2.05, 4.69) is 15.5 Å². The number of alkyl carbamates (subject to hydrolysis) is 1. The average Bonchev–Trinajstić information content (AvgIpc) is 2.94. The summed E-state index contributed by atoms with van der Waals surface area (Å²) in [6, 6.07) is 10.5. The van der Waals surface area contributed by atoms with E-state index in [1.54, 1.807) is 0 Å². The van der Waals surface area contributed by atoms with Gasteiger partial charge in [-0.25, -0.2) is 4.79 Å². The standard InChI is InChI=1S/C21H26BN3O6/c1-20(2)21(3,4)31-22(30-20)16(10-15-11-17(26)24-25-18(15)27)12-23-19(28)29-13-14-8-6-5-7-9-14/h5-11H,12-13H2,1-4H3,(H,23,28)(H,24,26)(H,25,27). The fraction of sp³-hybridized carbons (Fsp3) is 0.381. The monoisotopic (exact) mass is 427 g/mol. The highest BCUT2D eigenvalue weighted by atomic mass is 16.7. The lowest BCUT2D eigenvalue weighted by atomic mass is 9.77. The molecule has 3 rings (SSSR count). The number of aromatic amines is 2. The number of ether oxygens (including phenoxy) is 1. The summed E-state index contributed by atoms with van der Waals surface area (Å²) in [5.74, 6) is 0. The minimum absolute atomic E-state index is 0.00328. The zero-order valence-corrected chi connectivity index (χ0v) is 18.0. The minimum Gasteiger partial charge on any atom is -0.445 e. The molecule has 1 saturated heterocycles. The smallest absolute Gasteiger partial charge is 0.445 e. The number of H-pyrrole nitrogens is 2. The third-order valence-electron chi connectivity index (χ3n) is 5.39. The molecule has 0 aliphatic carbocycles. The van der Waals surface area contributed by atoms with E-state index >= 15 is 0 Å². The SMILES string of the molecule is CC1(C)OB(C(=Cc2cc(=O)[nH][nH]c2=O)CNC(=O)OCc2ccccc2)OC1(C)C. The molecule has 2 aromatic rings. The molecule has 10 heteroatoms. The van der Waals surface area contributed by atoms with Gasteiger partial charge in [0, 0.05) is 18.2 Å². The van der Waals surface area contributed by atoms with Crippen LogP contribution in [-0.2, 0) is 20.7 Å². The molecule has 0 spiro atoms. The molecule has 0 saturated carbocycles. The van der Waals surface area contributed by atoms with Crippen LogP contribution < -0.4 is 16.4 Å². The van der Waals surface area contributed by atoms with Crippen LogP contribution in [0.3, 0.4) is 0 Å². The van der Waals surface area contributed by atoms with Crippen LogP contribution >= 0.6 is 0 Å². The third kappa shape index (κ3) is 5.53. The maximum atomic E-state index is 12.2. The molecule has 1 amide bonds. The second-order valence-corrected chi connectivity index (χ2v) is 8.27. The van der Waals surface area contributed by atoms with Crippen molar-refractivity contribution < 1.29 is 18.8 Å². The molecular weight excluding hydrogens is 401 g/mol. The van der Waals surface area contributed by atoms with Crippen molar-refractivity contribution in [2.75, 3.05) is 6.54 Å². The molecule has 1 fully saturated rings. The van der Waals surface area contributed by atoms with E-state index in [9.17, 15) is 14.4 Å². The molecular formula is C21H26BN3O6. The second-order valence-electron chi connectivity index (χ2n) is 8.27. The molecule has 1 aliphatic heterocycles. The summed E-state index contributed by atoms with van der Waals surface area (Å²) in [5, 5.41) is 7.14. The summed E-state index contributed by atoms with van der Waals surface area (Å²) in [6.07, 6.45) is 0.847. The molecule has 0 atom stereocenters. The van der Waals surface area contributed by atoms with Gasteiger partial charge < -0.3 is 19.4 Å². The van der Waals surface area contributed by atoms with E-state index in [4.69, 9.17) is 14.0 Å². The first-order valence-electron chi connectivity index (χ1n) is 9.90. The van der Waals surface area contributed by atoms with Crippen molar-refractivity contribution in [1.29, 1.82) is 0 Å². The number of carbonyl (C=O) groups is 1. The predicted molar refractivity (Wildman–Crippen MR) is 116 cm³/mol. The lowest BCUT2D eigenvalue weighted by Gasteiger charge is -2.32. The van der Waals surface area contributed by atoms with Gasteiger partial charge in [-0.1, -0.05) is 36.4 Å². The first-order valence-corrected chi connectivity index (χ1v) is 9.90. The summed E-state index contributed by atoms with van der Waals surface area (Å²) < 4.78 is 17.3. The molecule has 31 heavy (non-hydrogen) atoms. The zero-order chi connectivity index (χ0) is 22.6. The highest BCUT2D eigenvalue weighted by Gasteiger charge is 2.52. The zero-order valence-electron chi connectivity index (χ0n) is 18.0. The van der Waals surface area contributed by atoms with E-state index < -0.39 is 35.5 Å². The van der Waals surface area contributed by atoms with Gasteiger partial charge in [-0.05, 0) is 38.7 Å². The van der Waals surface area contributed by atoms with Crippen molar-refractivity contribution in [1.82, 2.24) is 15.5 Å². The largest absolute Gasteiger partial charge is 0.492 e. The van der Waals surface area contributed by atoms with Crippen LogP contribution in [0.25, 0.3) is 6.08 Å². The molecule has 1 aromatic heterocycles. The van der Waals surface area contributed by atoms with E-state index in [0.29, 0.717) is 5.47 Å². The van der Waals surface area contributed by atoms with Gasteiger partial charge in [0.05, 0.1) is 11.2 Å². The van der Waals surface area contributed by atoms with E-state index in [0.717, 1.165) is 11.6 Å². The Labute approximate surface area is 179 Å². The number of amides is 1. The highest BCUT2D eigenvalue weighted by Crippen LogP contribution is 2.38. The van der Waals surface area contributed by atoms with Crippen molar-refractivity contribution in [2.45, 2.75) is 45.5 Å². The molecule has 164 valence electrons. The number of nitrogens with one attached hydrogen (secondary N) is 3. The van der Waals surface area contributed by atoms with Gasteiger partial charge in [0.2, 0.25) is 0 Å². The molecule has 0 unspecified atom stereocenters. The van der Waals surface area contributed by atoms with Crippen LogP contribution in [0, 0.1) is 0 Å². The number of hydrogen-bond donors (Lipinski definition) is 3. The van der Waals surface area contributed by atoms with Crippen molar-refractivity contribution in [3.8, 4) is 0 Å². The van der Waals surface area contributed by atoms with E-state index in [1.165, 1.54) is 6.08 Å². The number of rotatable bonds is 6. The molecule has 2 heterocycles. The number of carbonyl (C=O) groups excluding carboxylic acids is 1. The Hall–Kier alpha value is -3.11. The minimum atomic E-state index is -0.821. The Morgan fingerprint density at radius 3 is 2.39 bits per heavy atom. The third-order valence-corrected chi connectivity index (χ3v) is 5.39. The van der Waals surface area contributed by atoms with Crippen LogP contribution in [0.2, 0.25) is 0 Å². The predicted octanol–water partition coefficient (Wildman–Crippen LogP) is 2.00. The maximum absolute atomic E-state index is 12.2. The van der Waals surface area contributed by atoms with Gasteiger partial charge in [-0.3, -0.25) is 19.8 Å². The summed E-state index contributed by atoms with van der Waals surface area (Å²) in [4.78, 5) is 35.9. The van der Waals surface area contributed by atoms with Crippen molar-refractivity contribution in [3.63, 3.8) is 0 Å². The highest BCUT2D eigenvalue weighted by molar-refractivity contribution is 6.56. The number of aromatic nitrogens is 2. The Morgan fingerprint density at radius 1 is 1.10 bits per heavy atom. The Balaban J connectivity index is 1.77. The van der Waals surface area contributed by atoms with Crippen LogP contribution in [-0.4, -0.2) is 41.2 Å². The van der Waals surface area contributed by atoms with E-state index in [1.807, 2.05) is 58.0 Å². The maximum Gasteiger partial charge on any atom is 0.492 e. The molecule has 0 radical (unpaired) electrons. The quantitative estimate of drug-likeness (QED) is 0.607. The lowest BCUT2D eigenvalue weighted by Crippen LogP contribution is -2.41. The molecule has 1 aromatic carbocycles. The second kappa shape index (κ2) is 8.95. The number of hydrogen-bond acceptors (Lipinski definition) is 6. The lowest BCUT2D eigenvalue weighted by molar-refractivity contribution is 0.00578. The van der Waals surface area contributed by atoms with Gasteiger partial charge in [0.15, 0.2) is 0 Å². The van der Waals surface area contributed by atoms with E-state index in [-0.39, 0.29) is 18.7 Å². The summed E-state index contributed by atoms with van der Waals surface area (Å²) in [6.45, 7) is 7.70. The number of benzene rings is 1. The summed E-state index contributed by atoms with van der Waals surface area (Å²) in [5.41, 5.74) is -0.751. The average molecular weight is 427 g/mol. The first kappa shape index (κ1) is 22.6. The molecule has 1 aliphatic rings. The normalized spacial score (nSPS) is 17.4. The Kier molecular flexibility index (Phi) is 6.52. The van der Waals surface area contributed by atoms with Gasteiger partial charge in [0.25, 0.3) is 11.1 Å². The molecule has 9 nitrogen and oxygen atoms in total. The van der Waals surface area contributed by atoms with Crippen molar-refractivity contribution in [3.05, 3.63) is 73.7 Å². The van der Waals surface area contributed by atoms with Gasteiger partial charge in [-0.2, -0.15) is 0 Å². The van der Waals surface area contributed by atoms with Crippen molar-refractivity contribution >= 4 is 19.3 Å². The van der Waals surface area contributed by atoms with Crippen LogP contribution in [0.4, 0.5) is 4.79 Å². The topological polar surface area (TPSA) is 123 Å².